The van der Waals surface area contributed by atoms with Crippen LogP contribution in [0.3, 0.4) is 0 Å². The number of ether oxygens (including phenoxy) is 1. The second-order valence-corrected chi connectivity index (χ2v) is 4.61. The quantitative estimate of drug-likeness (QED) is 0.722. The SMILES string of the molecule is CCCCCOc1cccc2c1CCCC2=O. The third-order valence-electron chi connectivity index (χ3n) is 3.27. The average Bonchev–Trinajstić information content (AvgIpc) is 2.36. The average molecular weight is 232 g/mol. The maximum Gasteiger partial charge on any atom is 0.163 e. The summed E-state index contributed by atoms with van der Waals surface area (Å²) in [6, 6.07) is 5.84. The summed E-state index contributed by atoms with van der Waals surface area (Å²) in [6.07, 6.45) is 6.12. The fourth-order valence-corrected chi connectivity index (χ4v) is 2.31. The predicted molar refractivity (Wildman–Crippen MR) is 68.7 cm³/mol. The van der Waals surface area contributed by atoms with Crippen molar-refractivity contribution in [1.29, 1.82) is 0 Å². The summed E-state index contributed by atoms with van der Waals surface area (Å²) in [5.41, 5.74) is 2.00. The summed E-state index contributed by atoms with van der Waals surface area (Å²) in [7, 11) is 0. The lowest BCUT2D eigenvalue weighted by Gasteiger charge is -2.18. The smallest absolute Gasteiger partial charge is 0.163 e. The lowest BCUT2D eigenvalue weighted by molar-refractivity contribution is 0.0971. The van der Waals surface area contributed by atoms with Gasteiger partial charge in [-0.1, -0.05) is 31.9 Å². The largest absolute Gasteiger partial charge is 0.493 e. The number of benzene rings is 1. The van der Waals surface area contributed by atoms with Crippen LogP contribution < -0.4 is 4.74 Å². The molecule has 0 radical (unpaired) electrons. The highest BCUT2D eigenvalue weighted by Crippen LogP contribution is 2.29. The molecule has 92 valence electrons. The van der Waals surface area contributed by atoms with Gasteiger partial charge in [0.1, 0.15) is 5.75 Å². The van der Waals surface area contributed by atoms with Crippen molar-refractivity contribution in [2.24, 2.45) is 0 Å². The Morgan fingerprint density at radius 2 is 2.12 bits per heavy atom. The van der Waals surface area contributed by atoms with Crippen molar-refractivity contribution in [3.63, 3.8) is 0 Å². The fraction of sp³-hybridized carbons (Fsp3) is 0.533. The number of hydrogen-bond acceptors (Lipinski definition) is 2. The second-order valence-electron chi connectivity index (χ2n) is 4.61. The fourth-order valence-electron chi connectivity index (χ4n) is 2.31. The van der Waals surface area contributed by atoms with Gasteiger partial charge in [0.05, 0.1) is 6.61 Å². The van der Waals surface area contributed by atoms with E-state index in [0.717, 1.165) is 42.7 Å². The Balaban J connectivity index is 2.07. The topological polar surface area (TPSA) is 26.3 Å². The second kappa shape index (κ2) is 5.85. The highest BCUT2D eigenvalue weighted by molar-refractivity contribution is 5.99. The molecular formula is C15H20O2. The van der Waals surface area contributed by atoms with E-state index in [9.17, 15) is 4.79 Å². The molecule has 2 heteroatoms. The van der Waals surface area contributed by atoms with E-state index >= 15 is 0 Å². The summed E-state index contributed by atoms with van der Waals surface area (Å²) < 4.78 is 5.80. The first-order chi connectivity index (χ1) is 8.33. The maximum absolute atomic E-state index is 11.8. The summed E-state index contributed by atoms with van der Waals surface area (Å²) in [4.78, 5) is 11.8. The van der Waals surface area contributed by atoms with Crippen molar-refractivity contribution in [3.8, 4) is 5.75 Å². The first kappa shape index (κ1) is 12.2. The van der Waals surface area contributed by atoms with Gasteiger partial charge in [0.25, 0.3) is 0 Å². The number of fused-ring (bicyclic) bond motifs is 1. The Labute approximate surface area is 103 Å². The molecule has 0 saturated carbocycles. The van der Waals surface area contributed by atoms with E-state index in [4.69, 9.17) is 4.74 Å². The predicted octanol–water partition coefficient (Wildman–Crippen LogP) is 3.77. The van der Waals surface area contributed by atoms with E-state index in [0.29, 0.717) is 6.42 Å². The van der Waals surface area contributed by atoms with Crippen LogP contribution in [0.25, 0.3) is 0 Å². The van der Waals surface area contributed by atoms with E-state index in [1.54, 1.807) is 0 Å². The van der Waals surface area contributed by atoms with Gasteiger partial charge in [-0.2, -0.15) is 0 Å². The first-order valence-corrected chi connectivity index (χ1v) is 6.61. The lowest BCUT2D eigenvalue weighted by atomic mass is 9.90. The van der Waals surface area contributed by atoms with Crippen LogP contribution in [0, 0.1) is 0 Å². The number of ketones is 1. The molecule has 0 atom stereocenters. The molecule has 0 heterocycles. The van der Waals surface area contributed by atoms with Gasteiger partial charge in [0.2, 0.25) is 0 Å². The van der Waals surface area contributed by atoms with Crippen LogP contribution in [-0.2, 0) is 6.42 Å². The number of carbonyl (C=O) groups is 1. The maximum atomic E-state index is 11.8. The molecule has 1 aromatic rings. The van der Waals surface area contributed by atoms with E-state index < -0.39 is 0 Å². The summed E-state index contributed by atoms with van der Waals surface area (Å²) in [6.45, 7) is 2.95. The Hall–Kier alpha value is -1.31. The minimum absolute atomic E-state index is 0.269. The van der Waals surface area contributed by atoms with Gasteiger partial charge in [0.15, 0.2) is 5.78 Å². The molecule has 0 fully saturated rings. The molecular weight excluding hydrogens is 212 g/mol. The van der Waals surface area contributed by atoms with Crippen LogP contribution in [0.2, 0.25) is 0 Å². The van der Waals surface area contributed by atoms with Crippen molar-refractivity contribution in [3.05, 3.63) is 29.3 Å². The Kier molecular flexibility index (Phi) is 4.18. The van der Waals surface area contributed by atoms with Gasteiger partial charge in [-0.25, -0.2) is 0 Å². The molecule has 2 nitrogen and oxygen atoms in total. The van der Waals surface area contributed by atoms with Crippen LogP contribution in [0.15, 0.2) is 18.2 Å². The summed E-state index contributed by atoms with van der Waals surface area (Å²) in [5, 5.41) is 0. The molecule has 0 saturated heterocycles. The van der Waals surface area contributed by atoms with Crippen molar-refractivity contribution in [1.82, 2.24) is 0 Å². The normalized spacial score (nSPS) is 14.5. The third kappa shape index (κ3) is 2.87. The molecule has 0 aromatic heterocycles. The summed E-state index contributed by atoms with van der Waals surface area (Å²) >= 11 is 0. The number of carbonyl (C=O) groups excluding carboxylic acids is 1. The Morgan fingerprint density at radius 3 is 2.94 bits per heavy atom. The first-order valence-electron chi connectivity index (χ1n) is 6.61. The number of unbranched alkanes of at least 4 members (excludes halogenated alkanes) is 2. The zero-order valence-electron chi connectivity index (χ0n) is 10.5. The van der Waals surface area contributed by atoms with Gasteiger partial charge >= 0.3 is 0 Å². The third-order valence-corrected chi connectivity index (χ3v) is 3.27. The standard InChI is InChI=1S/C15H20O2/c1-2-3-4-11-17-15-10-6-7-12-13(15)8-5-9-14(12)16/h6-7,10H,2-5,8-9,11H2,1H3. The summed E-state index contributed by atoms with van der Waals surface area (Å²) in [5.74, 6) is 1.19. The molecule has 0 aliphatic heterocycles. The van der Waals surface area contributed by atoms with Crippen LogP contribution in [-0.4, -0.2) is 12.4 Å². The zero-order chi connectivity index (χ0) is 12.1. The van der Waals surface area contributed by atoms with E-state index in [2.05, 4.69) is 6.92 Å². The van der Waals surface area contributed by atoms with Crippen LogP contribution >= 0.6 is 0 Å². The molecule has 1 aliphatic rings. The van der Waals surface area contributed by atoms with Crippen molar-refractivity contribution in [2.75, 3.05) is 6.61 Å². The zero-order valence-corrected chi connectivity index (χ0v) is 10.5. The minimum Gasteiger partial charge on any atom is -0.493 e. The van der Waals surface area contributed by atoms with Gasteiger partial charge in [0, 0.05) is 17.5 Å². The van der Waals surface area contributed by atoms with Crippen molar-refractivity contribution >= 4 is 5.78 Å². The van der Waals surface area contributed by atoms with Crippen molar-refractivity contribution in [2.45, 2.75) is 45.4 Å². The number of Topliss-reactive ketones (excluding diaryl/α,β-unsaturated/α-hetero) is 1. The Morgan fingerprint density at radius 1 is 1.24 bits per heavy atom. The molecule has 0 bridgehead atoms. The molecule has 0 amide bonds. The van der Waals surface area contributed by atoms with Gasteiger partial charge in [-0.15, -0.1) is 0 Å². The molecule has 0 unspecified atom stereocenters. The van der Waals surface area contributed by atoms with Crippen LogP contribution in [0.4, 0.5) is 0 Å². The van der Waals surface area contributed by atoms with Gasteiger partial charge in [-0.05, 0) is 25.3 Å². The molecule has 0 spiro atoms. The lowest BCUT2D eigenvalue weighted by Crippen LogP contribution is -2.12. The van der Waals surface area contributed by atoms with E-state index in [-0.39, 0.29) is 5.78 Å². The number of rotatable bonds is 5. The molecule has 17 heavy (non-hydrogen) atoms. The van der Waals surface area contributed by atoms with E-state index in [1.807, 2.05) is 18.2 Å². The van der Waals surface area contributed by atoms with Crippen molar-refractivity contribution < 1.29 is 9.53 Å². The van der Waals surface area contributed by atoms with Gasteiger partial charge in [-0.3, -0.25) is 4.79 Å². The molecule has 1 aliphatic carbocycles. The monoisotopic (exact) mass is 232 g/mol. The van der Waals surface area contributed by atoms with Crippen LogP contribution in [0.1, 0.15) is 54.9 Å². The molecule has 1 aromatic carbocycles. The highest BCUT2D eigenvalue weighted by atomic mass is 16.5. The van der Waals surface area contributed by atoms with Gasteiger partial charge < -0.3 is 4.74 Å². The molecule has 2 rings (SSSR count). The van der Waals surface area contributed by atoms with Crippen LogP contribution in [0.5, 0.6) is 5.75 Å². The Bertz CT molecular complexity index is 396. The molecule has 0 N–H and O–H groups in total. The van der Waals surface area contributed by atoms with E-state index in [1.165, 1.54) is 12.8 Å². The minimum atomic E-state index is 0.269. The number of hydrogen-bond donors (Lipinski definition) is 0. The highest BCUT2D eigenvalue weighted by Gasteiger charge is 2.19.